The molecule has 0 atom stereocenters. The average molecular weight is 377 g/mol. The maximum absolute atomic E-state index is 5.21. The zero-order valence-corrected chi connectivity index (χ0v) is 14.2. The molecular weight excluding hydrogens is 367 g/mol. The molecule has 0 unspecified atom stereocenters. The molecule has 4 rings (SSSR count). The summed E-state index contributed by atoms with van der Waals surface area (Å²) >= 11 is 3.94. The average Bonchev–Trinajstić information content (AvgIpc) is 3.28. The van der Waals surface area contributed by atoms with Crippen molar-refractivity contribution in [2.24, 2.45) is 0 Å². The summed E-state index contributed by atoms with van der Waals surface area (Å²) in [7, 11) is 0. The fourth-order valence-corrected chi connectivity index (χ4v) is 7.51. The fraction of sp³-hybridized carbons (Fsp3) is 0. The van der Waals surface area contributed by atoms with Crippen LogP contribution >= 0.6 is 22.7 Å². The first kappa shape index (κ1) is 13.2. The Labute approximate surface area is 136 Å². The topological polar surface area (TPSA) is 26.3 Å². The van der Waals surface area contributed by atoms with Crippen LogP contribution in [0, 0.1) is 0 Å². The number of furan rings is 2. The molecule has 0 radical (unpaired) electrons. The molecule has 4 aromatic rings. The molecule has 0 aliphatic rings. The summed E-state index contributed by atoms with van der Waals surface area (Å²) in [6.07, 6.45) is 7.08. The van der Waals surface area contributed by atoms with E-state index in [0.717, 1.165) is 11.1 Å². The van der Waals surface area contributed by atoms with Crippen molar-refractivity contribution >= 4 is 45.2 Å². The molecule has 0 N–H and O–H groups in total. The zero-order chi connectivity index (χ0) is 14.1. The molecule has 2 nitrogen and oxygen atoms in total. The molecule has 4 heterocycles. The van der Waals surface area contributed by atoms with Gasteiger partial charge in [0.1, 0.15) is 0 Å². The van der Waals surface area contributed by atoms with Gasteiger partial charge in [-0.1, -0.05) is 0 Å². The van der Waals surface area contributed by atoms with E-state index in [9.17, 15) is 0 Å². The molecule has 0 spiro atoms. The van der Waals surface area contributed by atoms with Crippen molar-refractivity contribution in [3.05, 3.63) is 60.1 Å². The Morgan fingerprint density at radius 3 is 1.67 bits per heavy atom. The van der Waals surface area contributed by atoms with E-state index < -0.39 is 0 Å². The van der Waals surface area contributed by atoms with Crippen LogP contribution < -0.4 is 7.55 Å². The Bertz CT molecular complexity index is 755. The number of hydrogen-bond acceptors (Lipinski definition) is 4. The Morgan fingerprint density at radius 1 is 0.714 bits per heavy atom. The van der Waals surface area contributed by atoms with Gasteiger partial charge in [0.25, 0.3) is 0 Å². The third kappa shape index (κ3) is 2.54. The van der Waals surface area contributed by atoms with Crippen LogP contribution in [0.4, 0.5) is 0 Å². The fourth-order valence-electron chi connectivity index (χ4n) is 2.10. The van der Waals surface area contributed by atoms with E-state index in [1.807, 2.05) is 47.3 Å². The Hall–Kier alpha value is -1.52. The molecule has 4 aromatic heterocycles. The minimum absolute atomic E-state index is 0.293. The van der Waals surface area contributed by atoms with Gasteiger partial charge in [-0.25, -0.2) is 0 Å². The van der Waals surface area contributed by atoms with Gasteiger partial charge in [0.05, 0.1) is 0 Å². The molecule has 5 heteroatoms. The maximum atomic E-state index is 5.21. The monoisotopic (exact) mass is 378 g/mol. The summed E-state index contributed by atoms with van der Waals surface area (Å²) in [6.45, 7) is 0. The SMILES string of the molecule is c1cc(-c2ccsc2[Se]c2sccc2-c2ccoc2)co1. The normalized spacial score (nSPS) is 11.0. The van der Waals surface area contributed by atoms with Crippen LogP contribution in [0.15, 0.2) is 68.9 Å². The number of thiophene rings is 2. The third-order valence-electron chi connectivity index (χ3n) is 3.11. The van der Waals surface area contributed by atoms with Crippen molar-refractivity contribution in [2.45, 2.75) is 0 Å². The van der Waals surface area contributed by atoms with Crippen LogP contribution in [0.1, 0.15) is 0 Å². The molecule has 0 aliphatic carbocycles. The van der Waals surface area contributed by atoms with E-state index in [1.165, 1.54) is 18.7 Å². The summed E-state index contributed by atoms with van der Waals surface area (Å²) in [6, 6.07) is 8.40. The molecule has 0 amide bonds. The van der Waals surface area contributed by atoms with E-state index in [1.54, 1.807) is 12.5 Å². The van der Waals surface area contributed by atoms with Gasteiger partial charge in [0, 0.05) is 0 Å². The summed E-state index contributed by atoms with van der Waals surface area (Å²) < 4.78 is 13.3. The standard InChI is InChI=1S/C16H10O2S2Se/c1-5-17-9-11(1)13-3-7-19-15(13)21-16-14(4-8-20-16)12-2-6-18-10-12/h1-10H. The molecular formula is C16H10O2S2Se. The van der Waals surface area contributed by atoms with E-state index >= 15 is 0 Å². The molecule has 0 saturated heterocycles. The van der Waals surface area contributed by atoms with Crippen LogP contribution in [-0.2, 0) is 0 Å². The Balaban J connectivity index is 1.69. The summed E-state index contributed by atoms with van der Waals surface area (Å²) in [4.78, 5) is 0. The summed E-state index contributed by atoms with van der Waals surface area (Å²) in [5.74, 6) is 0. The number of rotatable bonds is 4. The van der Waals surface area contributed by atoms with Crippen LogP contribution in [0.2, 0.25) is 0 Å². The first-order chi connectivity index (χ1) is 10.4. The molecule has 0 aliphatic heterocycles. The van der Waals surface area contributed by atoms with E-state index in [-0.39, 0.29) is 0 Å². The minimum atomic E-state index is 0.293. The predicted octanol–water partition coefficient (Wildman–Crippen LogP) is 3.98. The van der Waals surface area contributed by atoms with Crippen molar-refractivity contribution in [3.63, 3.8) is 0 Å². The van der Waals surface area contributed by atoms with Crippen LogP contribution in [0.25, 0.3) is 22.3 Å². The second-order valence-corrected chi connectivity index (χ2v) is 9.51. The van der Waals surface area contributed by atoms with Crippen LogP contribution in [-0.4, -0.2) is 15.0 Å². The predicted molar refractivity (Wildman–Crippen MR) is 89.1 cm³/mol. The van der Waals surface area contributed by atoms with Gasteiger partial charge >= 0.3 is 136 Å². The molecule has 0 fully saturated rings. The Morgan fingerprint density at radius 2 is 1.24 bits per heavy atom. The quantitative estimate of drug-likeness (QED) is 0.503. The van der Waals surface area contributed by atoms with Gasteiger partial charge in [-0.3, -0.25) is 0 Å². The molecule has 0 aromatic carbocycles. The van der Waals surface area contributed by atoms with Crippen molar-refractivity contribution in [1.29, 1.82) is 0 Å². The van der Waals surface area contributed by atoms with E-state index in [0.29, 0.717) is 15.0 Å². The van der Waals surface area contributed by atoms with Crippen LogP contribution in [0.5, 0.6) is 0 Å². The first-order valence-corrected chi connectivity index (χ1v) is 9.77. The third-order valence-corrected chi connectivity index (χ3v) is 8.30. The van der Waals surface area contributed by atoms with Crippen molar-refractivity contribution in [3.8, 4) is 22.3 Å². The summed E-state index contributed by atoms with van der Waals surface area (Å²) in [5.41, 5.74) is 4.91. The Kier molecular flexibility index (Phi) is 3.57. The molecule has 21 heavy (non-hydrogen) atoms. The van der Waals surface area contributed by atoms with Gasteiger partial charge in [0.2, 0.25) is 0 Å². The number of hydrogen-bond donors (Lipinski definition) is 0. The molecule has 0 saturated carbocycles. The van der Waals surface area contributed by atoms with Gasteiger partial charge in [-0.05, 0) is 0 Å². The zero-order valence-electron chi connectivity index (χ0n) is 10.8. The van der Waals surface area contributed by atoms with Crippen molar-refractivity contribution < 1.29 is 8.83 Å². The second-order valence-electron chi connectivity index (χ2n) is 4.37. The van der Waals surface area contributed by atoms with E-state index in [2.05, 4.69) is 22.9 Å². The van der Waals surface area contributed by atoms with Gasteiger partial charge < -0.3 is 0 Å². The van der Waals surface area contributed by atoms with Crippen LogP contribution in [0.3, 0.4) is 0 Å². The van der Waals surface area contributed by atoms with Crippen molar-refractivity contribution in [1.82, 2.24) is 0 Å². The van der Waals surface area contributed by atoms with Crippen molar-refractivity contribution in [2.75, 3.05) is 0 Å². The van der Waals surface area contributed by atoms with Gasteiger partial charge in [-0.2, -0.15) is 0 Å². The second kappa shape index (κ2) is 5.70. The first-order valence-electron chi connectivity index (χ1n) is 6.30. The van der Waals surface area contributed by atoms with Gasteiger partial charge in [0.15, 0.2) is 0 Å². The van der Waals surface area contributed by atoms with Gasteiger partial charge in [-0.15, -0.1) is 0 Å². The van der Waals surface area contributed by atoms with E-state index in [4.69, 9.17) is 8.83 Å². The molecule has 104 valence electrons. The molecule has 0 bridgehead atoms. The summed E-state index contributed by atoms with van der Waals surface area (Å²) in [5, 5.41) is 4.31.